The number of ether oxygens (including phenoxy) is 1. The van der Waals surface area contributed by atoms with Crippen molar-refractivity contribution in [2.24, 2.45) is 0 Å². The van der Waals surface area contributed by atoms with Crippen molar-refractivity contribution in [3.8, 4) is 0 Å². The molecule has 1 fully saturated rings. The number of rotatable bonds is 2. The predicted molar refractivity (Wildman–Crippen MR) is 52.5 cm³/mol. The van der Waals surface area contributed by atoms with Gasteiger partial charge in [0, 0.05) is 6.20 Å². The van der Waals surface area contributed by atoms with E-state index in [1.807, 2.05) is 0 Å². The Hall–Kier alpha value is -1.52. The minimum Gasteiger partial charge on any atom is -0.385 e. The first-order valence-corrected chi connectivity index (χ1v) is 4.71. The van der Waals surface area contributed by atoms with Gasteiger partial charge in [0.1, 0.15) is 18.0 Å². The van der Waals surface area contributed by atoms with Crippen LogP contribution >= 0.6 is 0 Å². The van der Waals surface area contributed by atoms with Crippen LogP contribution in [0.4, 0.5) is 5.82 Å². The van der Waals surface area contributed by atoms with Crippen molar-refractivity contribution in [3.63, 3.8) is 0 Å². The molecule has 1 aromatic rings. The zero-order chi connectivity index (χ0) is 12.6. The summed E-state index contributed by atoms with van der Waals surface area (Å²) in [6, 6.07) is 1.33. The highest BCUT2D eigenvalue weighted by Crippen LogP contribution is 2.28. The highest BCUT2D eigenvalue weighted by atomic mass is 17.1. The van der Waals surface area contributed by atoms with Crippen LogP contribution in [0.5, 0.6) is 0 Å². The van der Waals surface area contributed by atoms with E-state index in [-0.39, 0.29) is 5.82 Å². The first kappa shape index (κ1) is 12.0. The Balaban J connectivity index is 2.32. The van der Waals surface area contributed by atoms with Gasteiger partial charge >= 0.3 is 5.69 Å². The third-order valence-corrected chi connectivity index (χ3v) is 2.42. The number of hydrogen-bond donors (Lipinski definition) is 4. The zero-order valence-corrected chi connectivity index (χ0v) is 8.50. The van der Waals surface area contributed by atoms with E-state index in [1.165, 1.54) is 12.3 Å². The molecule has 9 nitrogen and oxygen atoms in total. The first-order valence-electron chi connectivity index (χ1n) is 4.71. The monoisotopic (exact) mass is 245 g/mol. The molecule has 1 aromatic heterocycles. The molecule has 17 heavy (non-hydrogen) atoms. The summed E-state index contributed by atoms with van der Waals surface area (Å²) >= 11 is 0. The van der Waals surface area contributed by atoms with Crippen molar-refractivity contribution in [2.75, 3.05) is 5.73 Å². The van der Waals surface area contributed by atoms with Gasteiger partial charge in [0.15, 0.2) is 6.23 Å². The van der Waals surface area contributed by atoms with Gasteiger partial charge in [-0.3, -0.25) is 4.57 Å². The van der Waals surface area contributed by atoms with Crippen LogP contribution in [0.25, 0.3) is 0 Å². The van der Waals surface area contributed by atoms with Gasteiger partial charge in [0.05, 0.1) is 0 Å². The average Bonchev–Trinajstić information content (AvgIpc) is 2.57. The fourth-order valence-corrected chi connectivity index (χ4v) is 1.56. The number of aliphatic hydroxyl groups excluding tert-OH is 2. The smallest absolute Gasteiger partial charge is 0.351 e. The largest absolute Gasteiger partial charge is 0.385 e. The molecule has 94 valence electrons. The molecule has 0 bridgehead atoms. The van der Waals surface area contributed by atoms with Crippen molar-refractivity contribution in [2.45, 2.75) is 24.7 Å². The maximum atomic E-state index is 11.5. The second kappa shape index (κ2) is 4.39. The molecule has 0 saturated carbocycles. The van der Waals surface area contributed by atoms with Crippen LogP contribution in [-0.4, -0.2) is 43.5 Å². The average molecular weight is 245 g/mol. The van der Waals surface area contributed by atoms with Crippen molar-refractivity contribution < 1.29 is 25.1 Å². The van der Waals surface area contributed by atoms with Crippen molar-refractivity contribution in [3.05, 3.63) is 22.7 Å². The second-order valence-corrected chi connectivity index (χ2v) is 3.52. The molecule has 0 aliphatic carbocycles. The number of aliphatic hydroxyl groups is 2. The Morgan fingerprint density at radius 3 is 2.71 bits per heavy atom. The molecule has 4 atom stereocenters. The molecular weight excluding hydrogens is 234 g/mol. The van der Waals surface area contributed by atoms with E-state index in [9.17, 15) is 15.0 Å². The van der Waals surface area contributed by atoms with Gasteiger partial charge in [0.2, 0.25) is 6.29 Å². The summed E-state index contributed by atoms with van der Waals surface area (Å²) in [5.74, 6) is 0.0224. The van der Waals surface area contributed by atoms with Crippen LogP contribution in [-0.2, 0) is 9.62 Å². The zero-order valence-electron chi connectivity index (χ0n) is 8.50. The van der Waals surface area contributed by atoms with Gasteiger partial charge in [-0.1, -0.05) is 0 Å². The lowest BCUT2D eigenvalue weighted by Gasteiger charge is -2.16. The van der Waals surface area contributed by atoms with E-state index >= 15 is 0 Å². The number of nitrogen functional groups attached to an aromatic ring is 1. The fraction of sp³-hybridized carbons (Fsp3) is 0.500. The van der Waals surface area contributed by atoms with Gasteiger partial charge < -0.3 is 20.7 Å². The van der Waals surface area contributed by atoms with Crippen LogP contribution < -0.4 is 11.4 Å². The Morgan fingerprint density at radius 2 is 2.18 bits per heavy atom. The first-order chi connectivity index (χ1) is 8.04. The molecule has 2 heterocycles. The Labute approximate surface area is 94.6 Å². The molecule has 2 rings (SSSR count). The number of aromatic nitrogens is 2. The maximum Gasteiger partial charge on any atom is 0.351 e. The van der Waals surface area contributed by atoms with Crippen LogP contribution in [0.2, 0.25) is 0 Å². The van der Waals surface area contributed by atoms with Crippen LogP contribution in [0.1, 0.15) is 6.23 Å². The minimum absolute atomic E-state index is 0.0224. The molecule has 1 saturated heterocycles. The van der Waals surface area contributed by atoms with Crippen molar-refractivity contribution >= 4 is 5.82 Å². The van der Waals surface area contributed by atoms with E-state index in [1.54, 1.807) is 0 Å². The summed E-state index contributed by atoms with van der Waals surface area (Å²) in [7, 11) is 0. The van der Waals surface area contributed by atoms with Crippen LogP contribution in [0.15, 0.2) is 17.1 Å². The summed E-state index contributed by atoms with van der Waals surface area (Å²) < 4.78 is 5.89. The van der Waals surface area contributed by atoms with Crippen molar-refractivity contribution in [1.29, 1.82) is 0 Å². The molecule has 5 N–H and O–H groups in total. The predicted octanol–water partition coefficient (Wildman–Crippen LogP) is -2.11. The lowest BCUT2D eigenvalue weighted by atomic mass is 10.2. The molecule has 1 aliphatic heterocycles. The number of nitrogens with zero attached hydrogens (tertiary/aromatic N) is 2. The summed E-state index contributed by atoms with van der Waals surface area (Å²) in [6.07, 6.45) is -4.29. The van der Waals surface area contributed by atoms with Gasteiger partial charge in [-0.15, -0.1) is 0 Å². The van der Waals surface area contributed by atoms with Gasteiger partial charge in [-0.05, 0) is 6.07 Å². The van der Waals surface area contributed by atoms with Crippen LogP contribution in [0.3, 0.4) is 0 Å². The fourth-order valence-electron chi connectivity index (χ4n) is 1.56. The Bertz CT molecular complexity index is 463. The third-order valence-electron chi connectivity index (χ3n) is 2.42. The maximum absolute atomic E-state index is 11.5. The quantitative estimate of drug-likeness (QED) is 0.343. The normalized spacial score (nSPS) is 32.9. The molecule has 0 radical (unpaired) electrons. The van der Waals surface area contributed by atoms with E-state index in [0.29, 0.717) is 0 Å². The van der Waals surface area contributed by atoms with Gasteiger partial charge in [-0.2, -0.15) is 4.98 Å². The van der Waals surface area contributed by atoms with Gasteiger partial charge in [0.25, 0.3) is 0 Å². The molecule has 0 amide bonds. The lowest BCUT2D eigenvalue weighted by Crippen LogP contribution is -2.35. The number of anilines is 1. The van der Waals surface area contributed by atoms with E-state index < -0.39 is 30.4 Å². The topological polar surface area (TPSA) is 140 Å². The third kappa shape index (κ3) is 2.01. The number of hydrogen-bond acceptors (Lipinski definition) is 8. The lowest BCUT2D eigenvalue weighted by molar-refractivity contribution is -0.357. The molecule has 9 heteroatoms. The molecule has 0 aromatic carbocycles. The Kier molecular flexibility index (Phi) is 3.09. The van der Waals surface area contributed by atoms with Gasteiger partial charge in [-0.25, -0.2) is 14.9 Å². The summed E-state index contributed by atoms with van der Waals surface area (Å²) in [6.45, 7) is 0. The molecule has 1 aliphatic rings. The highest BCUT2D eigenvalue weighted by molar-refractivity contribution is 5.23. The highest BCUT2D eigenvalue weighted by Gasteiger charge is 2.45. The molecular formula is C8H11N3O6. The molecule has 0 unspecified atom stereocenters. The summed E-state index contributed by atoms with van der Waals surface area (Å²) in [5, 5.41) is 27.4. The second-order valence-electron chi connectivity index (χ2n) is 3.52. The molecule has 0 spiro atoms. The van der Waals surface area contributed by atoms with E-state index in [4.69, 9.17) is 15.7 Å². The minimum atomic E-state index is -1.48. The summed E-state index contributed by atoms with van der Waals surface area (Å²) in [4.78, 5) is 18.7. The SMILES string of the molecule is Nc1ccn([C@@H]2O[C@H](OO)[C@@H](O)[C@H]2O)c(=O)n1. The summed E-state index contributed by atoms with van der Waals surface area (Å²) in [5.41, 5.74) is 4.55. The standard InChI is InChI=1S/C8H11N3O6/c9-3-1-2-11(8(14)10-3)6-4(12)5(13)7(16-6)17-15/h1-2,4-7,12-13,15H,(H2,9,10,14)/t4-,5+,6-,7-/m1/s1. The van der Waals surface area contributed by atoms with Crippen molar-refractivity contribution in [1.82, 2.24) is 9.55 Å². The number of nitrogens with two attached hydrogens (primary N) is 1. The Morgan fingerprint density at radius 1 is 1.47 bits per heavy atom. The van der Waals surface area contributed by atoms with E-state index in [0.717, 1.165) is 4.57 Å². The van der Waals surface area contributed by atoms with E-state index in [2.05, 4.69) is 9.87 Å². The van der Waals surface area contributed by atoms with Crippen LogP contribution in [0, 0.1) is 0 Å².